The molecule has 0 saturated heterocycles. The summed E-state index contributed by atoms with van der Waals surface area (Å²) in [6.07, 6.45) is 0.686. The van der Waals surface area contributed by atoms with Crippen molar-refractivity contribution in [3.63, 3.8) is 0 Å². The van der Waals surface area contributed by atoms with E-state index in [0.29, 0.717) is 28.7 Å². The van der Waals surface area contributed by atoms with E-state index < -0.39 is 0 Å². The molecule has 0 saturated carbocycles. The average Bonchev–Trinajstić information content (AvgIpc) is 2.28. The van der Waals surface area contributed by atoms with Gasteiger partial charge in [-0.25, -0.2) is 4.98 Å². The SMILES string of the molecule is CCc1nc2ccc(C#N)cc2c(=O)[nH]1. The molecule has 0 radical (unpaired) electrons. The first kappa shape index (κ1) is 9.41. The summed E-state index contributed by atoms with van der Waals surface area (Å²) in [5.74, 6) is 0.664. The Bertz CT molecular complexity index is 607. The van der Waals surface area contributed by atoms with E-state index in [1.807, 2.05) is 13.0 Å². The van der Waals surface area contributed by atoms with Crippen LogP contribution in [-0.4, -0.2) is 9.97 Å². The van der Waals surface area contributed by atoms with E-state index in [0.717, 1.165) is 0 Å². The molecule has 1 N–H and O–H groups in total. The van der Waals surface area contributed by atoms with Gasteiger partial charge in [0, 0.05) is 6.42 Å². The number of hydrogen-bond donors (Lipinski definition) is 1. The largest absolute Gasteiger partial charge is 0.310 e. The van der Waals surface area contributed by atoms with Gasteiger partial charge in [0.05, 0.1) is 22.5 Å². The first-order chi connectivity index (χ1) is 7.24. The van der Waals surface area contributed by atoms with Crippen LogP contribution in [0.15, 0.2) is 23.0 Å². The van der Waals surface area contributed by atoms with E-state index in [1.165, 1.54) is 0 Å². The molecular formula is C11H9N3O. The minimum atomic E-state index is -0.186. The van der Waals surface area contributed by atoms with Gasteiger partial charge in [-0.1, -0.05) is 6.92 Å². The Kier molecular flexibility index (Phi) is 2.22. The highest BCUT2D eigenvalue weighted by atomic mass is 16.1. The standard InChI is InChI=1S/C11H9N3O/c1-2-10-13-9-4-3-7(6-12)5-8(9)11(15)14-10/h3-5H,2H2,1H3,(H,13,14,15). The summed E-state index contributed by atoms with van der Waals surface area (Å²) in [6, 6.07) is 6.91. The quantitative estimate of drug-likeness (QED) is 0.753. The molecule has 74 valence electrons. The first-order valence-corrected chi connectivity index (χ1v) is 4.67. The van der Waals surface area contributed by atoms with Crippen LogP contribution in [0, 0.1) is 11.3 Å². The van der Waals surface area contributed by atoms with Crippen LogP contribution >= 0.6 is 0 Å². The number of nitrogens with one attached hydrogen (secondary N) is 1. The third kappa shape index (κ3) is 1.59. The lowest BCUT2D eigenvalue weighted by Gasteiger charge is -1.99. The number of aromatic amines is 1. The number of fused-ring (bicyclic) bond motifs is 1. The smallest absolute Gasteiger partial charge is 0.258 e. The van der Waals surface area contributed by atoms with Crippen molar-refractivity contribution in [1.29, 1.82) is 5.26 Å². The van der Waals surface area contributed by atoms with Crippen molar-refractivity contribution in [2.75, 3.05) is 0 Å². The molecule has 1 heterocycles. The maximum absolute atomic E-state index is 11.6. The van der Waals surface area contributed by atoms with Gasteiger partial charge in [0.25, 0.3) is 5.56 Å². The van der Waals surface area contributed by atoms with E-state index in [1.54, 1.807) is 18.2 Å². The van der Waals surface area contributed by atoms with Gasteiger partial charge in [0.2, 0.25) is 0 Å². The minimum absolute atomic E-state index is 0.186. The molecule has 4 heteroatoms. The van der Waals surface area contributed by atoms with Crippen molar-refractivity contribution in [2.45, 2.75) is 13.3 Å². The molecule has 1 aromatic carbocycles. The molecule has 2 aromatic rings. The molecule has 2 rings (SSSR count). The van der Waals surface area contributed by atoms with Gasteiger partial charge in [0.15, 0.2) is 0 Å². The van der Waals surface area contributed by atoms with Gasteiger partial charge < -0.3 is 4.98 Å². The zero-order chi connectivity index (χ0) is 10.8. The van der Waals surface area contributed by atoms with Crippen LogP contribution in [0.5, 0.6) is 0 Å². The molecule has 0 fully saturated rings. The van der Waals surface area contributed by atoms with Crippen LogP contribution in [-0.2, 0) is 6.42 Å². The van der Waals surface area contributed by atoms with Crippen LogP contribution < -0.4 is 5.56 Å². The van der Waals surface area contributed by atoms with Crippen molar-refractivity contribution >= 4 is 10.9 Å². The zero-order valence-corrected chi connectivity index (χ0v) is 8.24. The first-order valence-electron chi connectivity index (χ1n) is 4.67. The number of rotatable bonds is 1. The van der Waals surface area contributed by atoms with E-state index in [4.69, 9.17) is 5.26 Å². The van der Waals surface area contributed by atoms with E-state index in [2.05, 4.69) is 9.97 Å². The Morgan fingerprint density at radius 3 is 3.00 bits per heavy atom. The topological polar surface area (TPSA) is 69.5 Å². The summed E-state index contributed by atoms with van der Waals surface area (Å²) in [5, 5.41) is 9.17. The van der Waals surface area contributed by atoms with Crippen LogP contribution in [0.25, 0.3) is 10.9 Å². The molecule has 0 aliphatic carbocycles. The maximum Gasteiger partial charge on any atom is 0.258 e. The Morgan fingerprint density at radius 2 is 2.33 bits per heavy atom. The van der Waals surface area contributed by atoms with Crippen molar-refractivity contribution in [2.24, 2.45) is 0 Å². The van der Waals surface area contributed by atoms with E-state index >= 15 is 0 Å². The van der Waals surface area contributed by atoms with E-state index in [-0.39, 0.29) is 5.56 Å². The van der Waals surface area contributed by atoms with Gasteiger partial charge in [0.1, 0.15) is 5.82 Å². The number of aryl methyl sites for hydroxylation is 1. The third-order valence-electron chi connectivity index (χ3n) is 2.22. The zero-order valence-electron chi connectivity index (χ0n) is 8.24. The Balaban J connectivity index is 2.81. The molecular weight excluding hydrogens is 190 g/mol. The second kappa shape index (κ2) is 3.54. The number of nitriles is 1. The molecule has 0 atom stereocenters. The summed E-state index contributed by atoms with van der Waals surface area (Å²) in [4.78, 5) is 18.6. The van der Waals surface area contributed by atoms with Crippen LogP contribution in [0.3, 0.4) is 0 Å². The summed E-state index contributed by atoms with van der Waals surface area (Å²) >= 11 is 0. The van der Waals surface area contributed by atoms with Gasteiger partial charge in [-0.15, -0.1) is 0 Å². The molecule has 15 heavy (non-hydrogen) atoms. The second-order valence-electron chi connectivity index (χ2n) is 3.21. The monoisotopic (exact) mass is 199 g/mol. The molecule has 0 unspecified atom stereocenters. The lowest BCUT2D eigenvalue weighted by molar-refractivity contribution is 0.944. The summed E-state index contributed by atoms with van der Waals surface area (Å²) in [5.41, 5.74) is 0.919. The van der Waals surface area contributed by atoms with Gasteiger partial charge in [-0.3, -0.25) is 4.79 Å². The maximum atomic E-state index is 11.6. The average molecular weight is 199 g/mol. The molecule has 0 bridgehead atoms. The van der Waals surface area contributed by atoms with Crippen molar-refractivity contribution in [1.82, 2.24) is 9.97 Å². The lowest BCUT2D eigenvalue weighted by Crippen LogP contribution is -2.11. The Morgan fingerprint density at radius 1 is 1.53 bits per heavy atom. The van der Waals surface area contributed by atoms with Crippen molar-refractivity contribution in [3.05, 3.63) is 39.9 Å². The van der Waals surface area contributed by atoms with Gasteiger partial charge >= 0.3 is 0 Å². The Hall–Kier alpha value is -2.15. The van der Waals surface area contributed by atoms with E-state index in [9.17, 15) is 4.79 Å². The second-order valence-corrected chi connectivity index (χ2v) is 3.21. The number of hydrogen-bond acceptors (Lipinski definition) is 3. The number of nitrogens with zero attached hydrogens (tertiary/aromatic N) is 2. The third-order valence-corrected chi connectivity index (χ3v) is 2.22. The summed E-state index contributed by atoms with van der Waals surface area (Å²) in [6.45, 7) is 1.92. The van der Waals surface area contributed by atoms with Gasteiger partial charge in [-0.2, -0.15) is 5.26 Å². The molecule has 4 nitrogen and oxygen atoms in total. The van der Waals surface area contributed by atoms with Crippen LogP contribution in [0.2, 0.25) is 0 Å². The summed E-state index contributed by atoms with van der Waals surface area (Å²) < 4.78 is 0. The van der Waals surface area contributed by atoms with Crippen LogP contribution in [0.1, 0.15) is 18.3 Å². The molecule has 0 spiro atoms. The lowest BCUT2D eigenvalue weighted by atomic mass is 10.1. The van der Waals surface area contributed by atoms with Crippen molar-refractivity contribution < 1.29 is 0 Å². The molecule has 0 aliphatic rings. The van der Waals surface area contributed by atoms with Crippen molar-refractivity contribution in [3.8, 4) is 6.07 Å². The molecule has 0 aliphatic heterocycles. The molecule has 1 aromatic heterocycles. The van der Waals surface area contributed by atoms with Gasteiger partial charge in [-0.05, 0) is 18.2 Å². The van der Waals surface area contributed by atoms with Crippen LogP contribution in [0.4, 0.5) is 0 Å². The predicted octanol–water partition coefficient (Wildman–Crippen LogP) is 1.36. The minimum Gasteiger partial charge on any atom is -0.310 e. The highest BCUT2D eigenvalue weighted by Gasteiger charge is 2.03. The highest BCUT2D eigenvalue weighted by molar-refractivity contribution is 5.78. The fraction of sp³-hybridized carbons (Fsp3) is 0.182. The fourth-order valence-corrected chi connectivity index (χ4v) is 1.42. The number of aromatic nitrogens is 2. The normalized spacial score (nSPS) is 10.1. The predicted molar refractivity (Wildman–Crippen MR) is 56.5 cm³/mol. The number of benzene rings is 1. The Labute approximate surface area is 86.2 Å². The molecule has 0 amide bonds. The number of H-pyrrole nitrogens is 1. The summed E-state index contributed by atoms with van der Waals surface area (Å²) in [7, 11) is 0. The highest BCUT2D eigenvalue weighted by Crippen LogP contribution is 2.09. The fourth-order valence-electron chi connectivity index (χ4n) is 1.42.